The summed E-state index contributed by atoms with van der Waals surface area (Å²) in [6.07, 6.45) is -0.366. The fourth-order valence-corrected chi connectivity index (χ4v) is 2.37. The molecule has 0 aliphatic carbocycles. The van der Waals surface area contributed by atoms with E-state index in [2.05, 4.69) is 31.3 Å². The van der Waals surface area contributed by atoms with Crippen LogP contribution in [0.25, 0.3) is 0 Å². The highest BCUT2D eigenvalue weighted by Gasteiger charge is 2.47. The van der Waals surface area contributed by atoms with Crippen molar-refractivity contribution in [1.29, 1.82) is 0 Å². The zero-order chi connectivity index (χ0) is 12.0. The molecule has 2 aliphatic heterocycles. The first-order chi connectivity index (χ1) is 8.11. The van der Waals surface area contributed by atoms with Crippen molar-refractivity contribution in [1.82, 2.24) is 5.32 Å². The van der Waals surface area contributed by atoms with E-state index in [-0.39, 0.29) is 6.09 Å². The summed E-state index contributed by atoms with van der Waals surface area (Å²) in [5.74, 6) is 1.33. The molecule has 0 saturated carbocycles. The summed E-state index contributed by atoms with van der Waals surface area (Å²) in [4.78, 5) is 11.2. The second kappa shape index (κ2) is 3.39. The van der Waals surface area contributed by atoms with Gasteiger partial charge in [0.05, 0.1) is 0 Å². The molecular formula is C13H15NO3. The third kappa shape index (κ3) is 1.47. The fourth-order valence-electron chi connectivity index (χ4n) is 2.37. The van der Waals surface area contributed by atoms with Crippen LogP contribution in [0.5, 0.6) is 5.75 Å². The quantitative estimate of drug-likeness (QED) is 0.808. The van der Waals surface area contributed by atoms with Crippen LogP contribution in [0, 0.1) is 0 Å². The summed E-state index contributed by atoms with van der Waals surface area (Å²) in [6, 6.07) is 6.18. The van der Waals surface area contributed by atoms with Gasteiger partial charge < -0.3 is 14.8 Å². The predicted molar refractivity (Wildman–Crippen MR) is 62.2 cm³/mol. The van der Waals surface area contributed by atoms with E-state index in [1.165, 1.54) is 5.56 Å². The molecule has 1 aromatic rings. The Bertz CT molecular complexity index is 484. The Morgan fingerprint density at radius 3 is 2.71 bits per heavy atom. The summed E-state index contributed by atoms with van der Waals surface area (Å²) in [5.41, 5.74) is 1.79. The van der Waals surface area contributed by atoms with E-state index in [0.29, 0.717) is 19.1 Å². The number of hydrogen-bond acceptors (Lipinski definition) is 3. The minimum atomic E-state index is -0.470. The van der Waals surface area contributed by atoms with Gasteiger partial charge in [-0.15, -0.1) is 0 Å². The van der Waals surface area contributed by atoms with Gasteiger partial charge in [0.1, 0.15) is 24.5 Å². The van der Waals surface area contributed by atoms with Gasteiger partial charge in [0.25, 0.3) is 0 Å². The molecule has 3 rings (SSSR count). The van der Waals surface area contributed by atoms with Crippen LogP contribution in [0.4, 0.5) is 4.79 Å². The molecule has 2 heterocycles. The standard InChI is InChI=1S/C13H15NO3/c1-8(2)9-3-4-10-11(5-9)16-6-13(10)7-17-12(15)14-13/h3-5,8H,6-7H2,1-2H3,(H,14,15)/t13-/m1/s1. The Kier molecular flexibility index (Phi) is 2.08. The molecule has 2 aliphatic rings. The van der Waals surface area contributed by atoms with Gasteiger partial charge in [0.15, 0.2) is 0 Å². The first kappa shape index (κ1) is 10.4. The molecule has 17 heavy (non-hydrogen) atoms. The van der Waals surface area contributed by atoms with Crippen molar-refractivity contribution in [2.24, 2.45) is 0 Å². The molecule has 1 saturated heterocycles. The van der Waals surface area contributed by atoms with E-state index in [1.807, 2.05) is 6.07 Å². The Labute approximate surface area is 99.9 Å². The van der Waals surface area contributed by atoms with Crippen molar-refractivity contribution in [2.45, 2.75) is 25.3 Å². The monoisotopic (exact) mass is 233 g/mol. The SMILES string of the molecule is CC(C)c1ccc2c(c1)OC[C@@]21COC(=O)N1. The number of hydrogen-bond donors (Lipinski definition) is 1. The molecule has 0 radical (unpaired) electrons. The summed E-state index contributed by atoms with van der Waals surface area (Å²) in [5, 5.41) is 2.85. The van der Waals surface area contributed by atoms with Gasteiger partial charge in [0, 0.05) is 5.56 Å². The number of fused-ring (bicyclic) bond motifs is 2. The number of amides is 1. The topological polar surface area (TPSA) is 47.6 Å². The minimum absolute atomic E-state index is 0.347. The van der Waals surface area contributed by atoms with Crippen LogP contribution in [0.2, 0.25) is 0 Å². The van der Waals surface area contributed by atoms with Gasteiger partial charge in [-0.2, -0.15) is 0 Å². The number of ether oxygens (including phenoxy) is 2. The average Bonchev–Trinajstić information content (AvgIpc) is 2.85. The lowest BCUT2D eigenvalue weighted by molar-refractivity contribution is 0.167. The lowest BCUT2D eigenvalue weighted by Crippen LogP contribution is -2.41. The van der Waals surface area contributed by atoms with E-state index in [1.54, 1.807) is 0 Å². The van der Waals surface area contributed by atoms with E-state index < -0.39 is 5.54 Å². The van der Waals surface area contributed by atoms with Gasteiger partial charge in [-0.1, -0.05) is 26.0 Å². The maximum atomic E-state index is 11.2. The molecule has 0 unspecified atom stereocenters. The highest BCUT2D eigenvalue weighted by molar-refractivity contribution is 5.72. The largest absolute Gasteiger partial charge is 0.490 e. The zero-order valence-corrected chi connectivity index (χ0v) is 9.95. The number of carbonyl (C=O) groups is 1. The maximum absolute atomic E-state index is 11.2. The number of alkyl carbamates (subject to hydrolysis) is 1. The van der Waals surface area contributed by atoms with Gasteiger partial charge in [-0.05, 0) is 17.5 Å². The van der Waals surface area contributed by atoms with Gasteiger partial charge >= 0.3 is 6.09 Å². The minimum Gasteiger partial charge on any atom is -0.490 e. The molecule has 1 atom stereocenters. The Hall–Kier alpha value is -1.71. The highest BCUT2D eigenvalue weighted by Crippen LogP contribution is 2.40. The van der Waals surface area contributed by atoms with Crippen LogP contribution >= 0.6 is 0 Å². The second-order valence-corrected chi connectivity index (χ2v) is 4.98. The normalized spacial score (nSPS) is 25.7. The molecule has 1 amide bonds. The first-order valence-electron chi connectivity index (χ1n) is 5.83. The Balaban J connectivity index is 2.01. The van der Waals surface area contributed by atoms with Gasteiger partial charge in [-0.25, -0.2) is 4.79 Å². The lowest BCUT2D eigenvalue weighted by atomic mass is 9.91. The van der Waals surface area contributed by atoms with Crippen molar-refractivity contribution >= 4 is 6.09 Å². The van der Waals surface area contributed by atoms with Gasteiger partial charge in [-0.3, -0.25) is 0 Å². The smallest absolute Gasteiger partial charge is 0.408 e. The van der Waals surface area contributed by atoms with Gasteiger partial charge in [0.2, 0.25) is 0 Å². The van der Waals surface area contributed by atoms with Crippen molar-refractivity contribution in [3.63, 3.8) is 0 Å². The number of nitrogens with one attached hydrogen (secondary N) is 1. The summed E-state index contributed by atoms with van der Waals surface area (Å²) >= 11 is 0. The van der Waals surface area contributed by atoms with Crippen molar-refractivity contribution in [2.75, 3.05) is 13.2 Å². The molecule has 4 nitrogen and oxygen atoms in total. The zero-order valence-electron chi connectivity index (χ0n) is 9.95. The predicted octanol–water partition coefficient (Wildman–Crippen LogP) is 2.14. The van der Waals surface area contributed by atoms with Crippen LogP contribution in [-0.2, 0) is 10.3 Å². The Morgan fingerprint density at radius 1 is 1.29 bits per heavy atom. The third-order valence-corrected chi connectivity index (χ3v) is 3.45. The summed E-state index contributed by atoms with van der Waals surface area (Å²) < 4.78 is 10.7. The second-order valence-electron chi connectivity index (χ2n) is 4.98. The number of cyclic esters (lactones) is 1. The highest BCUT2D eigenvalue weighted by atomic mass is 16.6. The van der Waals surface area contributed by atoms with Crippen molar-refractivity contribution < 1.29 is 14.3 Å². The molecule has 4 heteroatoms. The molecule has 0 aromatic heterocycles. The van der Waals surface area contributed by atoms with Crippen LogP contribution < -0.4 is 10.1 Å². The molecule has 1 aromatic carbocycles. The van der Waals surface area contributed by atoms with Crippen LogP contribution in [-0.4, -0.2) is 19.3 Å². The molecule has 1 spiro atoms. The lowest BCUT2D eigenvalue weighted by Gasteiger charge is -2.18. The summed E-state index contributed by atoms with van der Waals surface area (Å²) in [6.45, 7) is 5.09. The average molecular weight is 233 g/mol. The molecule has 1 fully saturated rings. The number of rotatable bonds is 1. The number of benzene rings is 1. The van der Waals surface area contributed by atoms with Crippen molar-refractivity contribution in [3.8, 4) is 5.75 Å². The van der Waals surface area contributed by atoms with Crippen LogP contribution in [0.1, 0.15) is 30.9 Å². The van der Waals surface area contributed by atoms with Crippen LogP contribution in [0.3, 0.4) is 0 Å². The molecule has 90 valence electrons. The maximum Gasteiger partial charge on any atom is 0.408 e. The molecule has 0 bridgehead atoms. The van der Waals surface area contributed by atoms with Crippen molar-refractivity contribution in [3.05, 3.63) is 29.3 Å². The fraction of sp³-hybridized carbons (Fsp3) is 0.462. The van der Waals surface area contributed by atoms with Crippen LogP contribution in [0.15, 0.2) is 18.2 Å². The molecule has 1 N–H and O–H groups in total. The van der Waals surface area contributed by atoms with E-state index >= 15 is 0 Å². The van der Waals surface area contributed by atoms with E-state index in [0.717, 1.165) is 11.3 Å². The first-order valence-corrected chi connectivity index (χ1v) is 5.83. The third-order valence-electron chi connectivity index (χ3n) is 3.45. The Morgan fingerprint density at radius 2 is 2.06 bits per heavy atom. The van der Waals surface area contributed by atoms with E-state index in [9.17, 15) is 4.79 Å². The summed E-state index contributed by atoms with van der Waals surface area (Å²) in [7, 11) is 0. The van der Waals surface area contributed by atoms with E-state index in [4.69, 9.17) is 9.47 Å². The number of carbonyl (C=O) groups excluding carboxylic acids is 1. The molecular weight excluding hydrogens is 218 g/mol.